The predicted octanol–water partition coefficient (Wildman–Crippen LogP) is 5.25. The van der Waals surface area contributed by atoms with Crippen LogP contribution in [0.25, 0.3) is 0 Å². The number of nitrogens with two attached hydrogens (primary N) is 1. The van der Waals surface area contributed by atoms with E-state index >= 15 is 0 Å². The fraction of sp³-hybridized carbons (Fsp3) is 0.652. The molecule has 0 unspecified atom stereocenters. The van der Waals surface area contributed by atoms with E-state index in [9.17, 15) is 35.9 Å². The molecule has 0 aliphatic heterocycles. The minimum atomic E-state index is -4.98. The maximum atomic E-state index is 13.0. The minimum absolute atomic E-state index is 0.0193. The predicted molar refractivity (Wildman–Crippen MR) is 114 cm³/mol. The summed E-state index contributed by atoms with van der Waals surface area (Å²) in [5, 5.41) is 5.22. The third kappa shape index (κ3) is 7.10. The number of anilines is 1. The van der Waals surface area contributed by atoms with Gasteiger partial charge in [0.25, 0.3) is 0 Å². The number of hydrogen-bond acceptors (Lipinski definition) is 3. The number of rotatable bonds is 5. The van der Waals surface area contributed by atoms with Gasteiger partial charge in [-0.15, -0.1) is 0 Å². The molecule has 34 heavy (non-hydrogen) atoms. The quantitative estimate of drug-likeness (QED) is 0.490. The molecule has 2 atom stereocenters. The lowest BCUT2D eigenvalue weighted by Gasteiger charge is -2.32. The highest BCUT2D eigenvalue weighted by atomic mass is 19.4. The number of alkyl halides is 6. The third-order valence-corrected chi connectivity index (χ3v) is 6.69. The van der Waals surface area contributed by atoms with Crippen LogP contribution in [0.1, 0.15) is 68.9 Å². The molecule has 0 heterocycles. The lowest BCUT2D eigenvalue weighted by atomic mass is 9.82. The largest absolute Gasteiger partial charge is 0.416 e. The normalized spacial score (nSPS) is 26.1. The van der Waals surface area contributed by atoms with Crippen LogP contribution < -0.4 is 16.4 Å². The van der Waals surface area contributed by atoms with Crippen LogP contribution >= 0.6 is 0 Å². The third-order valence-electron chi connectivity index (χ3n) is 6.69. The molecule has 0 bridgehead atoms. The molecule has 0 radical (unpaired) electrons. The first-order valence-electron chi connectivity index (χ1n) is 11.5. The van der Waals surface area contributed by atoms with Crippen molar-refractivity contribution in [1.29, 1.82) is 0 Å². The van der Waals surface area contributed by atoms with Crippen LogP contribution in [0.3, 0.4) is 0 Å². The molecule has 2 aliphatic rings. The summed E-state index contributed by atoms with van der Waals surface area (Å²) in [6, 6.07) is 0.845. The second-order valence-electron chi connectivity index (χ2n) is 9.33. The van der Waals surface area contributed by atoms with E-state index in [0.717, 1.165) is 25.7 Å². The summed E-state index contributed by atoms with van der Waals surface area (Å²) in [5.41, 5.74) is 2.56. The van der Waals surface area contributed by atoms with Crippen molar-refractivity contribution in [3.63, 3.8) is 0 Å². The zero-order valence-electron chi connectivity index (χ0n) is 18.6. The van der Waals surface area contributed by atoms with Gasteiger partial charge in [-0.25, -0.2) is 0 Å². The monoisotopic (exact) mass is 493 g/mol. The van der Waals surface area contributed by atoms with Gasteiger partial charge in [0.1, 0.15) is 0 Å². The van der Waals surface area contributed by atoms with E-state index < -0.39 is 35.1 Å². The molecular weight excluding hydrogens is 464 g/mol. The molecule has 0 spiro atoms. The first kappa shape index (κ1) is 26.3. The lowest BCUT2D eigenvalue weighted by Crippen LogP contribution is -2.47. The highest BCUT2D eigenvalue weighted by molar-refractivity contribution is 5.91. The molecule has 2 amide bonds. The SMILES string of the molecule is N[C@H]1CCCC[C@H]1C(=O)N[C@H]1CC[C@H](CC(=O)Nc2cc(C(F)(F)F)cc(C(F)(F)F)c2)CC1. The summed E-state index contributed by atoms with van der Waals surface area (Å²) in [4.78, 5) is 24.9. The Hall–Kier alpha value is -2.30. The topological polar surface area (TPSA) is 84.2 Å². The van der Waals surface area contributed by atoms with Gasteiger partial charge >= 0.3 is 12.4 Å². The number of carbonyl (C=O) groups is 2. The van der Waals surface area contributed by atoms with Gasteiger partial charge in [0.05, 0.1) is 17.0 Å². The van der Waals surface area contributed by atoms with Gasteiger partial charge in [0.15, 0.2) is 0 Å². The molecule has 2 aliphatic carbocycles. The van der Waals surface area contributed by atoms with E-state index in [1.54, 1.807) is 0 Å². The molecule has 3 rings (SSSR count). The second-order valence-corrected chi connectivity index (χ2v) is 9.33. The summed E-state index contributed by atoms with van der Waals surface area (Å²) in [6.07, 6.45) is -3.86. The first-order chi connectivity index (χ1) is 15.8. The Kier molecular flexibility index (Phi) is 8.15. The van der Waals surface area contributed by atoms with Crippen LogP contribution in [-0.2, 0) is 21.9 Å². The Labute approximate surface area is 193 Å². The van der Waals surface area contributed by atoms with Gasteiger partial charge < -0.3 is 16.4 Å². The van der Waals surface area contributed by atoms with Crippen LogP contribution in [0.15, 0.2) is 18.2 Å². The smallest absolute Gasteiger partial charge is 0.353 e. The number of benzene rings is 1. The second kappa shape index (κ2) is 10.5. The average Bonchev–Trinajstić information content (AvgIpc) is 2.74. The molecule has 1 aromatic rings. The fourth-order valence-corrected chi connectivity index (χ4v) is 4.81. The van der Waals surface area contributed by atoms with Crippen LogP contribution in [0.5, 0.6) is 0 Å². The van der Waals surface area contributed by atoms with Crippen molar-refractivity contribution in [1.82, 2.24) is 5.32 Å². The molecule has 4 N–H and O–H groups in total. The molecule has 190 valence electrons. The van der Waals surface area contributed by atoms with Crippen LogP contribution in [0.2, 0.25) is 0 Å². The van der Waals surface area contributed by atoms with Crippen molar-refractivity contribution in [2.75, 3.05) is 5.32 Å². The Bertz CT molecular complexity index is 846. The zero-order valence-corrected chi connectivity index (χ0v) is 18.6. The van der Waals surface area contributed by atoms with Gasteiger partial charge in [-0.05, 0) is 62.6 Å². The molecular formula is C23H29F6N3O2. The maximum Gasteiger partial charge on any atom is 0.416 e. The van der Waals surface area contributed by atoms with Crippen molar-refractivity contribution in [2.45, 2.75) is 82.2 Å². The van der Waals surface area contributed by atoms with Gasteiger partial charge in [-0.2, -0.15) is 26.3 Å². The molecule has 5 nitrogen and oxygen atoms in total. The molecule has 0 aromatic heterocycles. The zero-order chi connectivity index (χ0) is 25.1. The summed E-state index contributed by atoms with van der Waals surface area (Å²) in [6.45, 7) is 0. The van der Waals surface area contributed by atoms with Gasteiger partial charge in [-0.3, -0.25) is 9.59 Å². The van der Waals surface area contributed by atoms with Gasteiger partial charge in [0, 0.05) is 24.2 Å². The molecule has 1 aromatic carbocycles. The lowest BCUT2D eigenvalue weighted by molar-refractivity contribution is -0.143. The van der Waals surface area contributed by atoms with E-state index in [4.69, 9.17) is 5.73 Å². The summed E-state index contributed by atoms with van der Waals surface area (Å²) in [5.74, 6) is -0.948. The molecule has 2 fully saturated rings. The van der Waals surface area contributed by atoms with E-state index in [2.05, 4.69) is 10.6 Å². The highest BCUT2D eigenvalue weighted by Gasteiger charge is 2.37. The van der Waals surface area contributed by atoms with Crippen LogP contribution in [0.4, 0.5) is 32.0 Å². The standard InChI is InChI=1S/C23H29F6N3O2/c24-22(25,26)14-10-15(23(27,28)29)12-17(11-14)31-20(33)9-13-5-7-16(8-6-13)32-21(34)18-3-1-2-4-19(18)30/h10-13,16,18-19H,1-9,30H2,(H,31,33)(H,32,34)/t13-,16-,18-,19+/m1/s1. The Morgan fingerprint density at radius 1 is 0.853 bits per heavy atom. The van der Waals surface area contributed by atoms with E-state index in [0.29, 0.717) is 37.8 Å². The fourth-order valence-electron chi connectivity index (χ4n) is 4.81. The Balaban J connectivity index is 1.52. The van der Waals surface area contributed by atoms with E-state index in [-0.39, 0.29) is 42.3 Å². The van der Waals surface area contributed by atoms with Crippen molar-refractivity contribution in [3.8, 4) is 0 Å². The van der Waals surface area contributed by atoms with Crippen molar-refractivity contribution in [2.24, 2.45) is 17.6 Å². The molecule has 11 heteroatoms. The number of carbonyl (C=O) groups excluding carboxylic acids is 2. The van der Waals surface area contributed by atoms with Crippen molar-refractivity contribution in [3.05, 3.63) is 29.3 Å². The number of hydrogen-bond donors (Lipinski definition) is 3. The van der Waals surface area contributed by atoms with E-state index in [1.165, 1.54) is 0 Å². The van der Waals surface area contributed by atoms with Gasteiger partial charge in [0.2, 0.25) is 11.8 Å². The van der Waals surface area contributed by atoms with Crippen LogP contribution in [-0.4, -0.2) is 23.9 Å². The highest BCUT2D eigenvalue weighted by Crippen LogP contribution is 2.38. The van der Waals surface area contributed by atoms with Crippen molar-refractivity contribution >= 4 is 17.5 Å². The number of halogens is 6. The average molecular weight is 493 g/mol. The van der Waals surface area contributed by atoms with Crippen molar-refractivity contribution < 1.29 is 35.9 Å². The van der Waals surface area contributed by atoms with E-state index in [1.807, 2.05) is 0 Å². The summed E-state index contributed by atoms with van der Waals surface area (Å²) >= 11 is 0. The molecule has 0 saturated heterocycles. The minimum Gasteiger partial charge on any atom is -0.353 e. The maximum absolute atomic E-state index is 13.0. The Morgan fingerprint density at radius 3 is 1.94 bits per heavy atom. The first-order valence-corrected chi connectivity index (χ1v) is 11.5. The van der Waals surface area contributed by atoms with Crippen LogP contribution in [0, 0.1) is 11.8 Å². The summed E-state index contributed by atoms with van der Waals surface area (Å²) in [7, 11) is 0. The number of nitrogens with one attached hydrogen (secondary N) is 2. The molecule has 2 saturated carbocycles. The summed E-state index contributed by atoms with van der Waals surface area (Å²) < 4.78 is 78.0. The number of amides is 2. The van der Waals surface area contributed by atoms with Gasteiger partial charge in [-0.1, -0.05) is 12.8 Å². The Morgan fingerprint density at radius 2 is 1.41 bits per heavy atom.